The number of aliphatic hydroxyl groups excluding tert-OH is 1. The molecule has 2 aromatic heterocycles. The van der Waals surface area contributed by atoms with Crippen LogP contribution >= 0.6 is 0 Å². The normalized spacial score (nSPS) is 15.2. The molecule has 1 saturated heterocycles. The first-order valence-electron chi connectivity index (χ1n) is 12.9. The van der Waals surface area contributed by atoms with Crippen LogP contribution in [-0.2, 0) is 20.1 Å². The molecule has 5 rings (SSSR count). The van der Waals surface area contributed by atoms with Gasteiger partial charge < -0.3 is 19.3 Å². The first-order valence-corrected chi connectivity index (χ1v) is 12.9. The zero-order chi connectivity index (χ0) is 26.8. The van der Waals surface area contributed by atoms with Gasteiger partial charge in [-0.15, -0.1) is 0 Å². The first kappa shape index (κ1) is 25.7. The van der Waals surface area contributed by atoms with E-state index in [1.54, 1.807) is 11.6 Å². The molecule has 1 aliphatic rings. The summed E-state index contributed by atoms with van der Waals surface area (Å²) in [6, 6.07) is 16.2. The molecule has 2 aromatic carbocycles. The minimum atomic E-state index is -0.899. The summed E-state index contributed by atoms with van der Waals surface area (Å²) in [5, 5.41) is 10.9. The Labute approximate surface area is 220 Å². The highest BCUT2D eigenvalue weighted by atomic mass is 16.5. The number of benzene rings is 2. The monoisotopic (exact) mass is 518 g/mol. The lowest BCUT2D eigenvalue weighted by Gasteiger charge is -2.35. The fourth-order valence-electron chi connectivity index (χ4n) is 4.84. The Balaban J connectivity index is 1.37. The lowest BCUT2D eigenvalue weighted by Crippen LogP contribution is -2.47. The molecule has 2 N–H and O–H groups in total. The lowest BCUT2D eigenvalue weighted by atomic mass is 10.1. The van der Waals surface area contributed by atoms with Crippen molar-refractivity contribution in [2.45, 2.75) is 33.0 Å². The maximum atomic E-state index is 12.9. The number of nitrogens with zero attached hydrogens (tertiary/aromatic N) is 5. The molecule has 1 aliphatic heterocycles. The third kappa shape index (κ3) is 5.36. The van der Waals surface area contributed by atoms with Crippen LogP contribution in [0.2, 0.25) is 0 Å². The van der Waals surface area contributed by atoms with Gasteiger partial charge in [0.2, 0.25) is 5.95 Å². The van der Waals surface area contributed by atoms with Gasteiger partial charge in [-0.25, -0.2) is 4.79 Å². The summed E-state index contributed by atoms with van der Waals surface area (Å²) < 4.78 is 8.90. The van der Waals surface area contributed by atoms with E-state index in [9.17, 15) is 14.7 Å². The molecule has 38 heavy (non-hydrogen) atoms. The quantitative estimate of drug-likeness (QED) is 0.366. The summed E-state index contributed by atoms with van der Waals surface area (Å²) in [5.41, 5.74) is 3.06. The standard InChI is InChI=1S/C28H34N6O4/c1-19-9-10-23(15-20(19)2)38-18-22(35)17-34-24-25(31(3)28(37)30-26(24)36)29-27(34)33-13-11-32(12-14-33)16-21-7-5-4-6-8-21/h4-10,15,22,35H,11-14,16-18H2,1-3H3,(H,30,36,37)/t22-/m0/s1. The molecule has 200 valence electrons. The predicted molar refractivity (Wildman–Crippen MR) is 147 cm³/mol. The highest BCUT2D eigenvalue weighted by molar-refractivity contribution is 5.74. The van der Waals surface area contributed by atoms with Gasteiger partial charge in [-0.1, -0.05) is 36.4 Å². The van der Waals surface area contributed by atoms with Crippen LogP contribution in [0.15, 0.2) is 58.1 Å². The molecule has 0 aliphatic carbocycles. The number of hydrogen-bond acceptors (Lipinski definition) is 7. The first-order chi connectivity index (χ1) is 18.3. The molecule has 1 atom stereocenters. The van der Waals surface area contributed by atoms with E-state index in [1.165, 1.54) is 15.7 Å². The molecule has 0 radical (unpaired) electrons. The zero-order valence-corrected chi connectivity index (χ0v) is 22.1. The van der Waals surface area contributed by atoms with Crippen molar-refractivity contribution in [3.63, 3.8) is 0 Å². The van der Waals surface area contributed by atoms with E-state index in [-0.39, 0.29) is 18.7 Å². The second-order valence-corrected chi connectivity index (χ2v) is 9.97. The molecular formula is C28H34N6O4. The van der Waals surface area contributed by atoms with Crippen LogP contribution < -0.4 is 20.9 Å². The fourth-order valence-corrected chi connectivity index (χ4v) is 4.84. The molecule has 0 amide bonds. The number of aliphatic hydroxyl groups is 1. The zero-order valence-electron chi connectivity index (χ0n) is 22.1. The Morgan fingerprint density at radius 3 is 2.47 bits per heavy atom. The smallest absolute Gasteiger partial charge is 0.329 e. The average molecular weight is 519 g/mol. The highest BCUT2D eigenvalue weighted by Crippen LogP contribution is 2.23. The maximum absolute atomic E-state index is 12.9. The molecule has 0 unspecified atom stereocenters. The van der Waals surface area contributed by atoms with Crippen molar-refractivity contribution < 1.29 is 9.84 Å². The largest absolute Gasteiger partial charge is 0.491 e. The van der Waals surface area contributed by atoms with Crippen molar-refractivity contribution in [2.24, 2.45) is 7.05 Å². The Kier molecular flexibility index (Phi) is 7.35. The van der Waals surface area contributed by atoms with Gasteiger partial charge in [0.05, 0.1) is 6.54 Å². The van der Waals surface area contributed by atoms with Crippen LogP contribution in [0.3, 0.4) is 0 Å². The van der Waals surface area contributed by atoms with Gasteiger partial charge in [-0.05, 0) is 42.7 Å². The molecule has 0 spiro atoms. The third-order valence-corrected chi connectivity index (χ3v) is 7.21. The van der Waals surface area contributed by atoms with Gasteiger partial charge in [-0.3, -0.25) is 19.2 Å². The van der Waals surface area contributed by atoms with Gasteiger partial charge in [0.1, 0.15) is 18.5 Å². The molecule has 0 saturated carbocycles. The van der Waals surface area contributed by atoms with Gasteiger partial charge in [-0.2, -0.15) is 4.98 Å². The Bertz CT molecular complexity index is 1530. The van der Waals surface area contributed by atoms with E-state index in [2.05, 4.69) is 26.9 Å². The van der Waals surface area contributed by atoms with E-state index in [1.807, 2.05) is 50.2 Å². The van der Waals surface area contributed by atoms with E-state index < -0.39 is 17.4 Å². The van der Waals surface area contributed by atoms with Crippen molar-refractivity contribution in [1.82, 2.24) is 24.0 Å². The fraction of sp³-hybridized carbons (Fsp3) is 0.393. The summed E-state index contributed by atoms with van der Waals surface area (Å²) in [5.74, 6) is 1.24. The second-order valence-electron chi connectivity index (χ2n) is 9.97. The van der Waals surface area contributed by atoms with Gasteiger partial charge in [0.15, 0.2) is 11.2 Å². The summed E-state index contributed by atoms with van der Waals surface area (Å²) in [7, 11) is 1.58. The van der Waals surface area contributed by atoms with Crippen molar-refractivity contribution in [3.8, 4) is 5.75 Å². The number of aromatic amines is 1. The predicted octanol–water partition coefficient (Wildman–Crippen LogP) is 1.80. The summed E-state index contributed by atoms with van der Waals surface area (Å²) in [6.07, 6.45) is -0.899. The number of piperazine rings is 1. The van der Waals surface area contributed by atoms with Crippen molar-refractivity contribution in [3.05, 3.63) is 86.1 Å². The SMILES string of the molecule is Cc1ccc(OC[C@@H](O)Cn2c(N3CCN(Cc4ccccc4)CC3)nc3c2c(=O)[nH]c(=O)n3C)cc1C. The minimum absolute atomic E-state index is 0.0517. The number of hydrogen-bond donors (Lipinski definition) is 2. The molecule has 10 nitrogen and oxygen atoms in total. The number of aryl methyl sites for hydroxylation is 3. The molecule has 0 bridgehead atoms. The average Bonchev–Trinajstić information content (AvgIpc) is 3.29. The van der Waals surface area contributed by atoms with Crippen molar-refractivity contribution >= 4 is 17.1 Å². The number of aromatic nitrogens is 4. The number of fused-ring (bicyclic) bond motifs is 1. The Morgan fingerprint density at radius 2 is 1.76 bits per heavy atom. The van der Waals surface area contributed by atoms with E-state index in [4.69, 9.17) is 9.72 Å². The Morgan fingerprint density at radius 1 is 1.03 bits per heavy atom. The number of H-pyrrole nitrogens is 1. The number of anilines is 1. The van der Waals surface area contributed by atoms with Gasteiger partial charge in [0.25, 0.3) is 5.56 Å². The Hall–Kier alpha value is -3.89. The topological polar surface area (TPSA) is 109 Å². The minimum Gasteiger partial charge on any atom is -0.491 e. The van der Waals surface area contributed by atoms with Gasteiger partial charge in [0, 0.05) is 39.8 Å². The van der Waals surface area contributed by atoms with Crippen LogP contribution in [0.1, 0.15) is 16.7 Å². The van der Waals surface area contributed by atoms with Crippen LogP contribution in [-0.4, -0.2) is 68.0 Å². The summed E-state index contributed by atoms with van der Waals surface area (Å²) in [4.78, 5) is 36.7. The van der Waals surface area contributed by atoms with E-state index in [0.717, 1.165) is 25.2 Å². The number of nitrogens with one attached hydrogen (secondary N) is 1. The molecular weight excluding hydrogens is 484 g/mol. The maximum Gasteiger partial charge on any atom is 0.329 e. The van der Waals surface area contributed by atoms with E-state index in [0.29, 0.717) is 30.4 Å². The second kappa shape index (κ2) is 10.8. The number of rotatable bonds is 8. The molecule has 3 heterocycles. The number of ether oxygens (including phenoxy) is 1. The third-order valence-electron chi connectivity index (χ3n) is 7.21. The molecule has 1 fully saturated rings. The summed E-state index contributed by atoms with van der Waals surface area (Å²) in [6.45, 7) is 8.13. The number of imidazole rings is 1. The van der Waals surface area contributed by atoms with Crippen LogP contribution in [0, 0.1) is 13.8 Å². The van der Waals surface area contributed by atoms with Crippen molar-refractivity contribution in [1.29, 1.82) is 0 Å². The van der Waals surface area contributed by atoms with E-state index >= 15 is 0 Å². The van der Waals surface area contributed by atoms with Crippen LogP contribution in [0.4, 0.5) is 5.95 Å². The highest BCUT2D eigenvalue weighted by Gasteiger charge is 2.26. The lowest BCUT2D eigenvalue weighted by molar-refractivity contribution is 0.0934. The molecule has 4 aromatic rings. The summed E-state index contributed by atoms with van der Waals surface area (Å²) >= 11 is 0. The van der Waals surface area contributed by atoms with Gasteiger partial charge >= 0.3 is 5.69 Å². The van der Waals surface area contributed by atoms with Crippen LogP contribution in [0.5, 0.6) is 5.75 Å². The van der Waals surface area contributed by atoms with Crippen molar-refractivity contribution in [2.75, 3.05) is 37.7 Å². The van der Waals surface area contributed by atoms with Crippen LogP contribution in [0.25, 0.3) is 11.2 Å². The molecule has 10 heteroatoms.